The van der Waals surface area contributed by atoms with Crippen LogP contribution in [-0.4, -0.2) is 27.3 Å². The Balaban J connectivity index is 0.00000232. The molecule has 0 aliphatic rings. The number of hydrogen-bond acceptors (Lipinski definition) is 3. The van der Waals surface area contributed by atoms with Crippen molar-refractivity contribution in [2.24, 2.45) is 0 Å². The zero-order valence-corrected chi connectivity index (χ0v) is 14.5. The van der Waals surface area contributed by atoms with Gasteiger partial charge in [-0.2, -0.15) is 0 Å². The van der Waals surface area contributed by atoms with Gasteiger partial charge in [0.15, 0.2) is 0 Å². The Hall–Kier alpha value is -2.56. The van der Waals surface area contributed by atoms with Crippen LogP contribution in [0, 0.1) is 0 Å². The van der Waals surface area contributed by atoms with Crippen molar-refractivity contribution < 1.29 is 19.4 Å². The van der Waals surface area contributed by atoms with Gasteiger partial charge in [-0.3, -0.25) is 0 Å². The number of carboxylic acid groups (broad SMARTS) is 1. The van der Waals surface area contributed by atoms with E-state index in [1.807, 2.05) is 13.8 Å². The van der Waals surface area contributed by atoms with Crippen LogP contribution in [0.1, 0.15) is 56.4 Å². The molecule has 0 aliphatic carbocycles. The standard InChI is InChI=1S/C16H19NO4.C2H6/c1-7-10(3)11-9-13(14(18)19)17(12(11)8-2)15(20)21-16(4,5)6;1-2/h7-9H,1-3H2,4-6H3,(H,18,19);1-2H3. The molecule has 1 N–H and O–H groups in total. The summed E-state index contributed by atoms with van der Waals surface area (Å²) in [4.78, 5) is 23.6. The molecule has 5 heteroatoms. The summed E-state index contributed by atoms with van der Waals surface area (Å²) in [5, 5.41) is 9.28. The van der Waals surface area contributed by atoms with Crippen molar-refractivity contribution in [3.63, 3.8) is 0 Å². The summed E-state index contributed by atoms with van der Waals surface area (Å²) in [6, 6.07) is 1.35. The van der Waals surface area contributed by atoms with Gasteiger partial charge in [-0.05, 0) is 38.5 Å². The summed E-state index contributed by atoms with van der Waals surface area (Å²) in [5.41, 5.74) is 0.326. The van der Waals surface area contributed by atoms with Crippen molar-refractivity contribution in [1.82, 2.24) is 4.57 Å². The number of carboxylic acids is 1. The maximum atomic E-state index is 12.3. The highest BCUT2D eigenvalue weighted by molar-refractivity contribution is 5.95. The van der Waals surface area contributed by atoms with Gasteiger partial charge in [-0.15, -0.1) is 0 Å². The third-order valence-corrected chi connectivity index (χ3v) is 2.62. The van der Waals surface area contributed by atoms with Crippen molar-refractivity contribution in [1.29, 1.82) is 0 Å². The average Bonchev–Trinajstić information content (AvgIpc) is 2.86. The molecule has 1 aromatic rings. The van der Waals surface area contributed by atoms with Crippen molar-refractivity contribution in [3.05, 3.63) is 48.8 Å². The van der Waals surface area contributed by atoms with Crippen LogP contribution in [0.25, 0.3) is 11.6 Å². The topological polar surface area (TPSA) is 68.5 Å². The minimum atomic E-state index is -1.24. The Morgan fingerprint density at radius 3 is 2.13 bits per heavy atom. The molecule has 0 aromatic carbocycles. The second-order valence-corrected chi connectivity index (χ2v) is 5.38. The molecular weight excluding hydrogens is 294 g/mol. The summed E-state index contributed by atoms with van der Waals surface area (Å²) < 4.78 is 6.22. The second kappa shape index (κ2) is 8.17. The molecule has 0 saturated heterocycles. The molecule has 126 valence electrons. The van der Waals surface area contributed by atoms with E-state index in [0.717, 1.165) is 4.57 Å². The first kappa shape index (κ1) is 20.4. The Labute approximate surface area is 137 Å². The second-order valence-electron chi connectivity index (χ2n) is 5.38. The molecule has 1 heterocycles. The number of rotatable bonds is 4. The smallest absolute Gasteiger partial charge is 0.419 e. The summed E-state index contributed by atoms with van der Waals surface area (Å²) in [5.74, 6) is -1.24. The van der Waals surface area contributed by atoms with E-state index < -0.39 is 17.7 Å². The molecule has 0 saturated carbocycles. The largest absolute Gasteiger partial charge is 0.477 e. The maximum Gasteiger partial charge on any atom is 0.419 e. The number of allylic oxidation sites excluding steroid dienone is 2. The number of nitrogens with zero attached hydrogens (tertiary/aromatic N) is 1. The molecule has 0 radical (unpaired) electrons. The maximum absolute atomic E-state index is 12.3. The van der Waals surface area contributed by atoms with Crippen LogP contribution in [0.3, 0.4) is 0 Å². The van der Waals surface area contributed by atoms with Gasteiger partial charge in [0.25, 0.3) is 0 Å². The minimum absolute atomic E-state index is 0.211. The lowest BCUT2D eigenvalue weighted by molar-refractivity contribution is 0.0505. The van der Waals surface area contributed by atoms with E-state index in [0.29, 0.717) is 16.8 Å². The molecule has 23 heavy (non-hydrogen) atoms. The normalized spacial score (nSPS) is 10.1. The Kier molecular flexibility index (Phi) is 7.26. The fraction of sp³-hybridized carbons (Fsp3) is 0.333. The van der Waals surface area contributed by atoms with E-state index in [2.05, 4.69) is 19.7 Å². The number of ether oxygens (including phenoxy) is 1. The SMILES string of the molecule is C=CC(=C)c1cc(C(=O)O)n(C(=O)OC(C)(C)C)c1C=C.CC. The molecule has 0 amide bonds. The average molecular weight is 319 g/mol. The number of hydrogen-bond donors (Lipinski definition) is 1. The van der Waals surface area contributed by atoms with E-state index in [1.54, 1.807) is 20.8 Å². The van der Waals surface area contributed by atoms with Crippen LogP contribution >= 0.6 is 0 Å². The monoisotopic (exact) mass is 319 g/mol. The summed E-state index contributed by atoms with van der Waals surface area (Å²) in [6.45, 7) is 20.1. The van der Waals surface area contributed by atoms with Gasteiger partial charge in [0.1, 0.15) is 11.3 Å². The lowest BCUT2D eigenvalue weighted by atomic mass is 10.1. The third kappa shape index (κ3) is 4.98. The van der Waals surface area contributed by atoms with Crippen molar-refractivity contribution in [2.75, 3.05) is 0 Å². The molecule has 0 unspecified atom stereocenters. The molecule has 0 spiro atoms. The van der Waals surface area contributed by atoms with Crippen LogP contribution in [0.4, 0.5) is 4.79 Å². The van der Waals surface area contributed by atoms with E-state index in [1.165, 1.54) is 18.2 Å². The van der Waals surface area contributed by atoms with Crippen molar-refractivity contribution in [2.45, 2.75) is 40.2 Å². The number of aromatic carboxylic acids is 1. The van der Waals surface area contributed by atoms with Crippen molar-refractivity contribution in [3.8, 4) is 0 Å². The van der Waals surface area contributed by atoms with Crippen LogP contribution in [0.5, 0.6) is 0 Å². The minimum Gasteiger partial charge on any atom is -0.477 e. The predicted octanol–water partition coefficient (Wildman–Crippen LogP) is 4.84. The molecule has 0 fully saturated rings. The lowest BCUT2D eigenvalue weighted by Crippen LogP contribution is -2.29. The summed E-state index contributed by atoms with van der Waals surface area (Å²) >= 11 is 0. The highest BCUT2D eigenvalue weighted by Gasteiger charge is 2.27. The van der Waals surface area contributed by atoms with Gasteiger partial charge < -0.3 is 9.84 Å². The molecular formula is C18H25NO4. The first-order valence-electron chi connectivity index (χ1n) is 7.29. The number of carbonyl (C=O) groups is 2. The third-order valence-electron chi connectivity index (χ3n) is 2.62. The Bertz CT molecular complexity index is 630. The molecule has 1 aromatic heterocycles. The first-order valence-corrected chi connectivity index (χ1v) is 7.29. The number of aromatic nitrogens is 1. The fourth-order valence-electron chi connectivity index (χ4n) is 1.76. The quantitative estimate of drug-likeness (QED) is 0.806. The van der Waals surface area contributed by atoms with Crippen LogP contribution < -0.4 is 0 Å². The summed E-state index contributed by atoms with van der Waals surface area (Å²) in [6.07, 6.45) is 2.09. The predicted molar refractivity (Wildman–Crippen MR) is 93.7 cm³/mol. The fourth-order valence-corrected chi connectivity index (χ4v) is 1.76. The molecule has 0 atom stereocenters. The molecule has 0 bridgehead atoms. The van der Waals surface area contributed by atoms with E-state index >= 15 is 0 Å². The highest BCUT2D eigenvalue weighted by atomic mass is 16.6. The lowest BCUT2D eigenvalue weighted by Gasteiger charge is -2.20. The van der Waals surface area contributed by atoms with Crippen LogP contribution in [-0.2, 0) is 4.74 Å². The van der Waals surface area contributed by atoms with Gasteiger partial charge in [0, 0.05) is 5.56 Å². The number of carbonyl (C=O) groups excluding carboxylic acids is 1. The van der Waals surface area contributed by atoms with Crippen molar-refractivity contribution >= 4 is 23.7 Å². The Morgan fingerprint density at radius 1 is 1.26 bits per heavy atom. The van der Waals surface area contributed by atoms with E-state index in [4.69, 9.17) is 4.74 Å². The van der Waals surface area contributed by atoms with E-state index in [-0.39, 0.29) is 5.69 Å². The van der Waals surface area contributed by atoms with Gasteiger partial charge in [-0.1, -0.05) is 39.7 Å². The zero-order valence-electron chi connectivity index (χ0n) is 14.5. The first-order chi connectivity index (χ1) is 10.6. The van der Waals surface area contributed by atoms with Gasteiger partial charge in [0.2, 0.25) is 0 Å². The van der Waals surface area contributed by atoms with Gasteiger partial charge in [0.05, 0.1) is 5.69 Å². The Morgan fingerprint density at radius 2 is 1.78 bits per heavy atom. The van der Waals surface area contributed by atoms with E-state index in [9.17, 15) is 14.7 Å². The zero-order chi connectivity index (χ0) is 18.4. The summed E-state index contributed by atoms with van der Waals surface area (Å²) in [7, 11) is 0. The molecule has 5 nitrogen and oxygen atoms in total. The molecule has 1 rings (SSSR count). The molecule has 0 aliphatic heterocycles. The van der Waals surface area contributed by atoms with Crippen LogP contribution in [0.15, 0.2) is 31.9 Å². The highest BCUT2D eigenvalue weighted by Crippen LogP contribution is 2.26. The van der Waals surface area contributed by atoms with Gasteiger partial charge in [-0.25, -0.2) is 14.2 Å². The van der Waals surface area contributed by atoms with Gasteiger partial charge >= 0.3 is 12.1 Å². The van der Waals surface area contributed by atoms with Crippen LogP contribution in [0.2, 0.25) is 0 Å².